The van der Waals surface area contributed by atoms with Crippen LogP contribution in [0.15, 0.2) is 17.3 Å². The Balaban J connectivity index is 0.000001000. The summed E-state index contributed by atoms with van der Waals surface area (Å²) in [6, 6.07) is 0. The molecule has 0 aromatic rings. The molecule has 62 valence electrons. The minimum Gasteiger partial charge on any atom is -1.00 e. The monoisotopic (exact) mass is 266 g/mol. The topological polar surface area (TPSA) is 35.6 Å². The molecule has 0 aliphatic carbocycles. The molecule has 4 heteroatoms. The Morgan fingerprint density at radius 3 is 2.91 bits per heavy atom. The van der Waals surface area contributed by atoms with Crippen LogP contribution >= 0.6 is 0 Å². The van der Waals surface area contributed by atoms with Gasteiger partial charge < -0.3 is 29.2 Å². The molecule has 0 unspecified atom stereocenters. The predicted molar refractivity (Wildman–Crippen MR) is 40.1 cm³/mol. The molecule has 0 radical (unpaired) electrons. The first kappa shape index (κ1) is 10.6. The highest BCUT2D eigenvalue weighted by molar-refractivity contribution is 6.28. The fourth-order valence-electron chi connectivity index (χ4n) is 0.928. The number of rotatable bonds is 1. The zero-order chi connectivity index (χ0) is 7.40. The van der Waals surface area contributed by atoms with Crippen LogP contribution in [0.2, 0.25) is 0 Å². The van der Waals surface area contributed by atoms with Gasteiger partial charge in [-0.3, -0.25) is 0 Å². The second kappa shape index (κ2) is 5.29. The number of hydrogen-bond acceptors (Lipinski definition) is 2. The van der Waals surface area contributed by atoms with Crippen molar-refractivity contribution in [2.45, 2.75) is 6.42 Å². The van der Waals surface area contributed by atoms with Gasteiger partial charge in [0.05, 0.1) is 6.42 Å². The highest BCUT2D eigenvalue weighted by Gasteiger charge is 2.08. The number of nitrogens with zero attached hydrogens (tertiary/aromatic N) is 2. The normalized spacial score (nSPS) is 17.2. The summed E-state index contributed by atoms with van der Waals surface area (Å²) < 4.78 is 2.04. The van der Waals surface area contributed by atoms with E-state index in [1.54, 1.807) is 0 Å². The Morgan fingerprint density at radius 2 is 2.36 bits per heavy atom. The first-order valence-corrected chi connectivity index (χ1v) is 3.24. The van der Waals surface area contributed by atoms with Crippen LogP contribution in [-0.2, 0) is 0 Å². The number of likely N-dealkylation sites (N-methyl/N-ethyl adjacent to an activating group) is 1. The average Bonchev–Trinajstić information content (AvgIpc) is 1.94. The van der Waals surface area contributed by atoms with Crippen molar-refractivity contribution in [3.63, 3.8) is 0 Å². The first-order valence-electron chi connectivity index (χ1n) is 3.24. The molecule has 0 aromatic heterocycles. The second-order valence-corrected chi connectivity index (χ2v) is 2.29. The van der Waals surface area contributed by atoms with Crippen LogP contribution in [0.25, 0.3) is 0 Å². The van der Waals surface area contributed by atoms with Gasteiger partial charge in [0.25, 0.3) is 0 Å². The third kappa shape index (κ3) is 3.00. The van der Waals surface area contributed by atoms with Crippen molar-refractivity contribution in [2.24, 2.45) is 5.16 Å². The van der Waals surface area contributed by atoms with Gasteiger partial charge in [-0.2, -0.15) is 0 Å². The van der Waals surface area contributed by atoms with Crippen LogP contribution in [0.3, 0.4) is 0 Å². The van der Waals surface area contributed by atoms with Crippen molar-refractivity contribution in [1.29, 1.82) is 0 Å². The summed E-state index contributed by atoms with van der Waals surface area (Å²) >= 11 is 0. The number of hydrogen-bond donors (Lipinski definition) is 1. The van der Waals surface area contributed by atoms with Crippen molar-refractivity contribution in [3.8, 4) is 0 Å². The van der Waals surface area contributed by atoms with E-state index in [2.05, 4.69) is 17.3 Å². The van der Waals surface area contributed by atoms with Crippen LogP contribution in [0.5, 0.6) is 0 Å². The predicted octanol–water partition coefficient (Wildman–Crippen LogP) is -2.51. The molecule has 0 saturated heterocycles. The van der Waals surface area contributed by atoms with Crippen molar-refractivity contribution in [2.75, 3.05) is 13.6 Å². The van der Waals surface area contributed by atoms with Crippen molar-refractivity contribution in [1.82, 2.24) is 0 Å². The first-order chi connectivity index (χ1) is 4.84. The van der Waals surface area contributed by atoms with E-state index in [0.717, 1.165) is 18.7 Å². The van der Waals surface area contributed by atoms with Gasteiger partial charge in [0.15, 0.2) is 6.54 Å². The molecule has 0 atom stereocenters. The summed E-state index contributed by atoms with van der Waals surface area (Å²) in [5.41, 5.74) is 1.05. The highest BCUT2D eigenvalue weighted by atomic mass is 127. The van der Waals surface area contributed by atoms with E-state index < -0.39 is 0 Å². The summed E-state index contributed by atoms with van der Waals surface area (Å²) in [6.07, 6.45) is 6.50. The molecule has 11 heavy (non-hydrogen) atoms. The van der Waals surface area contributed by atoms with Crippen LogP contribution in [0.4, 0.5) is 0 Å². The lowest BCUT2D eigenvalue weighted by molar-refractivity contribution is -0.486. The minimum atomic E-state index is 0. The van der Waals surface area contributed by atoms with E-state index in [9.17, 15) is 0 Å². The molecular weight excluding hydrogens is 255 g/mol. The van der Waals surface area contributed by atoms with Crippen LogP contribution < -0.4 is 24.0 Å². The van der Waals surface area contributed by atoms with E-state index in [1.807, 2.05) is 11.6 Å². The standard InChI is InChI=1S/C7H10N2O.HI/c1-9-5-3-2-4-7(9)6-8-10;/h2-3,6H,4-5H2,1H3;1H. The maximum absolute atomic E-state index is 8.23. The molecule has 3 nitrogen and oxygen atoms in total. The van der Waals surface area contributed by atoms with E-state index in [1.165, 1.54) is 6.21 Å². The number of oxime groups is 1. The Kier molecular flexibility index (Phi) is 5.10. The van der Waals surface area contributed by atoms with Crippen LogP contribution in [-0.4, -0.2) is 35.3 Å². The third-order valence-corrected chi connectivity index (χ3v) is 1.57. The van der Waals surface area contributed by atoms with Crippen molar-refractivity contribution < 1.29 is 33.8 Å². The largest absolute Gasteiger partial charge is 1.00 e. The molecule has 1 N–H and O–H groups in total. The highest BCUT2D eigenvalue weighted by Crippen LogP contribution is 1.93. The van der Waals surface area contributed by atoms with Gasteiger partial charge in [-0.1, -0.05) is 11.2 Å². The van der Waals surface area contributed by atoms with E-state index in [4.69, 9.17) is 5.21 Å². The van der Waals surface area contributed by atoms with Gasteiger partial charge in [-0.05, 0) is 6.08 Å². The quantitative estimate of drug-likeness (QED) is 0.140. The van der Waals surface area contributed by atoms with E-state index in [0.29, 0.717) is 0 Å². The summed E-state index contributed by atoms with van der Waals surface area (Å²) in [7, 11) is 1.97. The summed E-state index contributed by atoms with van der Waals surface area (Å²) in [6.45, 7) is 0.904. The average molecular weight is 266 g/mol. The molecule has 0 amide bonds. The van der Waals surface area contributed by atoms with Gasteiger partial charge in [0, 0.05) is 0 Å². The van der Waals surface area contributed by atoms with Gasteiger partial charge in [0.1, 0.15) is 13.3 Å². The maximum atomic E-state index is 8.23. The number of allylic oxidation sites excluding steroid dienone is 1. The summed E-state index contributed by atoms with van der Waals surface area (Å²) in [5.74, 6) is 0. The van der Waals surface area contributed by atoms with Gasteiger partial charge in [0.2, 0.25) is 5.71 Å². The molecule has 1 heterocycles. The molecule has 1 aliphatic heterocycles. The second-order valence-electron chi connectivity index (χ2n) is 2.29. The maximum Gasteiger partial charge on any atom is 0.201 e. The molecule has 0 saturated carbocycles. The zero-order valence-corrected chi connectivity index (χ0v) is 8.52. The van der Waals surface area contributed by atoms with Gasteiger partial charge in [-0.15, -0.1) is 0 Å². The summed E-state index contributed by atoms with van der Waals surface area (Å²) in [4.78, 5) is 0. The lowest BCUT2D eigenvalue weighted by Crippen LogP contribution is -3.00. The van der Waals surface area contributed by atoms with Crippen LogP contribution in [0.1, 0.15) is 6.42 Å². The Hall–Kier alpha value is -0.390. The Morgan fingerprint density at radius 1 is 1.64 bits per heavy atom. The number of halogens is 1. The molecule has 1 aliphatic rings. The molecule has 0 aromatic carbocycles. The van der Waals surface area contributed by atoms with Crippen molar-refractivity contribution >= 4 is 11.9 Å². The van der Waals surface area contributed by atoms with E-state index in [-0.39, 0.29) is 24.0 Å². The lowest BCUT2D eigenvalue weighted by Gasteiger charge is -2.01. The molecule has 1 rings (SSSR count). The lowest BCUT2D eigenvalue weighted by atomic mass is 10.2. The third-order valence-electron chi connectivity index (χ3n) is 1.57. The molecule has 0 bridgehead atoms. The van der Waals surface area contributed by atoms with E-state index >= 15 is 0 Å². The fraction of sp³-hybridized carbons (Fsp3) is 0.429. The SMILES string of the molecule is C[N+]1=C(C=NO)CC=CC1.[I-]. The van der Waals surface area contributed by atoms with Gasteiger partial charge in [-0.25, -0.2) is 4.58 Å². The zero-order valence-electron chi connectivity index (χ0n) is 6.37. The Labute approximate surface area is 83.1 Å². The molecular formula is C7H11IN2O. The Bertz CT molecular complexity index is 208. The molecule has 0 fully saturated rings. The summed E-state index contributed by atoms with van der Waals surface area (Å²) in [5, 5.41) is 11.2. The fourth-order valence-corrected chi connectivity index (χ4v) is 0.928. The van der Waals surface area contributed by atoms with Gasteiger partial charge >= 0.3 is 0 Å². The minimum absolute atomic E-state index is 0. The van der Waals surface area contributed by atoms with Crippen LogP contribution in [0, 0.1) is 0 Å². The molecule has 0 spiro atoms. The smallest absolute Gasteiger partial charge is 0.201 e. The van der Waals surface area contributed by atoms with Crippen molar-refractivity contribution in [3.05, 3.63) is 12.2 Å².